The van der Waals surface area contributed by atoms with Gasteiger partial charge in [-0.3, -0.25) is 0 Å². The Morgan fingerprint density at radius 1 is 0.365 bits per heavy atom. The molecule has 0 amide bonds. The molecule has 10 rings (SSSR count). The van der Waals surface area contributed by atoms with Crippen LogP contribution in [-0.2, 0) is 29.4 Å². The van der Waals surface area contributed by atoms with Crippen molar-refractivity contribution in [3.8, 4) is 0 Å². The summed E-state index contributed by atoms with van der Waals surface area (Å²) in [5.74, 6) is 0. The quantitative estimate of drug-likeness (QED) is 0.142. The summed E-state index contributed by atoms with van der Waals surface area (Å²) in [6, 6.07) is 55.2. The van der Waals surface area contributed by atoms with Crippen LogP contribution >= 0.6 is 31.9 Å². The van der Waals surface area contributed by atoms with Crippen LogP contribution in [0.25, 0.3) is 0 Å². The average Bonchev–Trinajstić information content (AvgIpc) is 4.09. The van der Waals surface area contributed by atoms with Gasteiger partial charge in [-0.15, -0.1) is 0 Å². The monoisotopic (exact) mass is 1120 g/mol. The molecule has 4 aliphatic rings. The summed E-state index contributed by atoms with van der Waals surface area (Å²) < 4.78 is 27.6. The van der Waals surface area contributed by atoms with Crippen molar-refractivity contribution in [2.75, 3.05) is 9.80 Å². The van der Waals surface area contributed by atoms with Gasteiger partial charge in [0, 0.05) is 20.3 Å². The Balaban J connectivity index is 0.000000200. The molecule has 6 nitrogen and oxygen atoms in total. The molecule has 6 aromatic carbocycles. The Bertz CT molecular complexity index is 2680. The molecule has 6 aromatic rings. The van der Waals surface area contributed by atoms with E-state index in [1.807, 2.05) is 0 Å². The summed E-state index contributed by atoms with van der Waals surface area (Å²) in [6.45, 7) is 30.4. The molecule has 4 heterocycles. The van der Waals surface area contributed by atoms with Crippen molar-refractivity contribution in [2.45, 2.75) is 180 Å². The fraction of sp³-hybridized carbons (Fsp3) is 0.438. The van der Waals surface area contributed by atoms with E-state index in [0.29, 0.717) is 12.1 Å². The van der Waals surface area contributed by atoms with Crippen LogP contribution in [0.5, 0.6) is 0 Å². The van der Waals surface area contributed by atoms with Crippen molar-refractivity contribution in [3.63, 3.8) is 0 Å². The van der Waals surface area contributed by atoms with Crippen LogP contribution in [0.2, 0.25) is 0 Å². The lowest BCUT2D eigenvalue weighted by Crippen LogP contribution is -2.41. The van der Waals surface area contributed by atoms with Gasteiger partial charge in [0.15, 0.2) is 0 Å². The Kier molecular flexibility index (Phi) is 15.3. The summed E-state index contributed by atoms with van der Waals surface area (Å²) >= 11 is 7.16. The van der Waals surface area contributed by atoms with Crippen molar-refractivity contribution in [2.24, 2.45) is 0 Å². The number of benzene rings is 6. The second kappa shape index (κ2) is 20.7. The van der Waals surface area contributed by atoms with E-state index in [2.05, 4.69) is 284 Å². The lowest BCUT2D eigenvalue weighted by molar-refractivity contribution is 0.00578. The lowest BCUT2D eigenvalue weighted by atomic mass is 9.78. The molecular weight excluding hydrogens is 1040 g/mol. The molecule has 0 aliphatic carbocycles. The van der Waals surface area contributed by atoms with E-state index in [0.717, 1.165) is 45.6 Å². The molecule has 0 spiro atoms. The third-order valence-electron chi connectivity index (χ3n) is 17.0. The molecule has 4 saturated heterocycles. The molecule has 0 radical (unpaired) electrons. The molecule has 0 bridgehead atoms. The highest BCUT2D eigenvalue weighted by molar-refractivity contribution is 9.10. The Labute approximate surface area is 461 Å². The molecule has 4 aliphatic heterocycles. The normalized spacial score (nSPS) is 23.0. The maximum absolute atomic E-state index is 6.34. The first-order chi connectivity index (χ1) is 34.7. The van der Waals surface area contributed by atoms with Crippen LogP contribution in [0.1, 0.15) is 180 Å². The average molecular weight is 1120 g/mol. The SMILES string of the molecule is CC(C)(C)c1ccc(N2C(c3ccc(B4OC(C)(C)C(C)(C)O4)cc3)CCC2c2ccc(B3OC(C)(C)C(C)(C)O3)cc2)cc1.CC(C)(C)c1ccc(N2C(c3ccc(Br)cc3)CCC2c2ccc(Br)cc2)cc1. The molecule has 0 saturated carbocycles. The van der Waals surface area contributed by atoms with Crippen LogP contribution in [-0.4, -0.2) is 36.6 Å². The zero-order chi connectivity index (χ0) is 53.2. The van der Waals surface area contributed by atoms with Gasteiger partial charge in [-0.25, -0.2) is 0 Å². The highest BCUT2D eigenvalue weighted by Crippen LogP contribution is 2.49. The molecule has 4 atom stereocenters. The highest BCUT2D eigenvalue weighted by Gasteiger charge is 2.53. The van der Waals surface area contributed by atoms with Gasteiger partial charge in [-0.1, -0.05) is 170 Å². The Morgan fingerprint density at radius 2 is 0.595 bits per heavy atom. The molecular formula is C64H78B2Br2N2O4. The van der Waals surface area contributed by atoms with Crippen molar-refractivity contribution < 1.29 is 18.6 Å². The van der Waals surface area contributed by atoms with Crippen LogP contribution in [0.15, 0.2) is 155 Å². The van der Waals surface area contributed by atoms with Crippen molar-refractivity contribution in [1.82, 2.24) is 0 Å². The van der Waals surface area contributed by atoms with Gasteiger partial charge in [0.2, 0.25) is 0 Å². The maximum Gasteiger partial charge on any atom is 0.494 e. The second-order valence-corrected chi connectivity index (χ2v) is 27.1. The summed E-state index contributed by atoms with van der Waals surface area (Å²) in [5, 5.41) is 0. The Morgan fingerprint density at radius 3 is 0.824 bits per heavy atom. The largest absolute Gasteiger partial charge is 0.494 e. The van der Waals surface area contributed by atoms with Crippen LogP contribution < -0.4 is 20.7 Å². The van der Waals surface area contributed by atoms with E-state index in [1.165, 1.54) is 44.8 Å². The molecule has 4 unspecified atom stereocenters. The second-order valence-electron chi connectivity index (χ2n) is 25.2. The summed E-state index contributed by atoms with van der Waals surface area (Å²) in [4.78, 5) is 5.25. The van der Waals surface area contributed by atoms with E-state index >= 15 is 0 Å². The third-order valence-corrected chi connectivity index (χ3v) is 18.1. The summed E-state index contributed by atoms with van der Waals surface area (Å²) in [5.41, 5.74) is 11.6. The number of halogens is 2. The first-order valence-corrected chi connectivity index (χ1v) is 28.5. The molecule has 10 heteroatoms. The fourth-order valence-electron chi connectivity index (χ4n) is 11.0. The fourth-order valence-corrected chi connectivity index (χ4v) is 11.5. The molecule has 4 fully saturated rings. The number of rotatable bonds is 8. The highest BCUT2D eigenvalue weighted by atomic mass is 79.9. The number of hydrogen-bond donors (Lipinski definition) is 0. The topological polar surface area (TPSA) is 43.4 Å². The number of nitrogens with zero attached hydrogens (tertiary/aromatic N) is 2. The standard InChI is InChI=1S/C38H51B2NO4.C26H27Br2N/c1-34(2,3)28-16-22-31(23-17-28)41-32(26-12-18-29(19-13-26)39-42-35(4,5)36(6,7)43-39)24-25-33(41)27-14-20-30(21-15-27)40-44-37(8,9)38(10,11)45-40;1-26(2,3)20-8-14-23(15-9-20)29-24(18-4-10-21(27)11-5-18)16-17-25(29)19-6-12-22(28)13-7-19/h12-23,32-33H,24-25H2,1-11H3;4-15,24-25H,16-17H2,1-3H3. The maximum atomic E-state index is 6.34. The van der Waals surface area contributed by atoms with Crippen LogP contribution in [0.3, 0.4) is 0 Å². The van der Waals surface area contributed by atoms with E-state index in [-0.39, 0.29) is 59.6 Å². The minimum absolute atomic E-state index is 0.106. The zero-order valence-electron chi connectivity index (χ0n) is 46.4. The van der Waals surface area contributed by atoms with Gasteiger partial charge in [-0.05, 0) is 185 Å². The molecule has 388 valence electrons. The van der Waals surface area contributed by atoms with E-state index in [4.69, 9.17) is 18.6 Å². The van der Waals surface area contributed by atoms with E-state index < -0.39 is 0 Å². The first-order valence-electron chi connectivity index (χ1n) is 26.9. The minimum atomic E-state index is -0.358. The van der Waals surface area contributed by atoms with Crippen LogP contribution in [0, 0.1) is 0 Å². The summed E-state index contributed by atoms with van der Waals surface area (Å²) in [6.07, 6.45) is 4.45. The first kappa shape index (κ1) is 54.6. The van der Waals surface area contributed by atoms with Crippen molar-refractivity contribution in [1.29, 1.82) is 0 Å². The predicted octanol–water partition coefficient (Wildman–Crippen LogP) is 16.3. The predicted molar refractivity (Wildman–Crippen MR) is 317 cm³/mol. The van der Waals surface area contributed by atoms with Crippen molar-refractivity contribution >= 4 is 68.4 Å². The van der Waals surface area contributed by atoms with Gasteiger partial charge >= 0.3 is 14.2 Å². The Hall–Kier alpha value is -4.15. The minimum Gasteiger partial charge on any atom is -0.399 e. The van der Waals surface area contributed by atoms with Gasteiger partial charge in [0.05, 0.1) is 46.6 Å². The van der Waals surface area contributed by atoms with Gasteiger partial charge < -0.3 is 28.4 Å². The molecule has 74 heavy (non-hydrogen) atoms. The smallest absolute Gasteiger partial charge is 0.399 e. The van der Waals surface area contributed by atoms with Gasteiger partial charge in [0.1, 0.15) is 0 Å². The zero-order valence-corrected chi connectivity index (χ0v) is 49.6. The number of hydrogen-bond acceptors (Lipinski definition) is 6. The van der Waals surface area contributed by atoms with Gasteiger partial charge in [-0.2, -0.15) is 0 Å². The lowest BCUT2D eigenvalue weighted by Gasteiger charge is -2.34. The van der Waals surface area contributed by atoms with Crippen molar-refractivity contribution in [3.05, 3.63) is 188 Å². The third kappa shape index (κ3) is 11.3. The van der Waals surface area contributed by atoms with E-state index in [1.54, 1.807) is 0 Å². The van der Waals surface area contributed by atoms with E-state index in [9.17, 15) is 0 Å². The molecule has 0 N–H and O–H groups in total. The number of anilines is 2. The van der Waals surface area contributed by atoms with Gasteiger partial charge in [0.25, 0.3) is 0 Å². The molecule has 0 aromatic heterocycles. The van der Waals surface area contributed by atoms with Crippen LogP contribution in [0.4, 0.5) is 11.4 Å². The summed E-state index contributed by atoms with van der Waals surface area (Å²) in [7, 11) is -0.715.